The lowest BCUT2D eigenvalue weighted by molar-refractivity contribution is -0.150. The highest BCUT2D eigenvalue weighted by Crippen LogP contribution is 2.67. The van der Waals surface area contributed by atoms with Crippen LogP contribution in [0.1, 0.15) is 111 Å². The second-order valence-electron chi connectivity index (χ2n) is 14.4. The molecule has 2 nitrogen and oxygen atoms in total. The van der Waals surface area contributed by atoms with Crippen LogP contribution in [0.25, 0.3) is 0 Å². The largest absolute Gasteiger partial charge is 0.462 e. The first-order valence-electron chi connectivity index (χ1n) is 15.7. The Balaban J connectivity index is 1.21. The van der Waals surface area contributed by atoms with Crippen molar-refractivity contribution in [2.45, 2.75) is 118 Å². The molecule has 4 aliphatic carbocycles. The van der Waals surface area contributed by atoms with Crippen LogP contribution in [-0.2, 0) is 16.0 Å². The van der Waals surface area contributed by atoms with Gasteiger partial charge in [0.25, 0.3) is 0 Å². The zero-order valence-corrected chi connectivity index (χ0v) is 25.4. The van der Waals surface area contributed by atoms with Gasteiger partial charge < -0.3 is 4.74 Å². The Bertz CT molecular complexity index is 1010. The van der Waals surface area contributed by atoms with Crippen LogP contribution >= 0.6 is 11.6 Å². The molecule has 0 radical (unpaired) electrons. The summed E-state index contributed by atoms with van der Waals surface area (Å²) in [6.07, 6.45) is 17.2. The van der Waals surface area contributed by atoms with Gasteiger partial charge in [-0.1, -0.05) is 89.3 Å². The molecule has 210 valence electrons. The highest BCUT2D eigenvalue weighted by atomic mass is 35.5. The van der Waals surface area contributed by atoms with Crippen molar-refractivity contribution in [3.05, 3.63) is 46.5 Å². The standard InChI is InChI=1S/C35H51ClO2/c1-23(2)7-6-8-24(3)30-15-16-31-29-14-11-26-22-28(38-33(37)21-25-9-12-27(36)13-10-25)17-19-34(26,4)32(29)18-20-35(30,31)5/h9-13,23-24,28-32H,6-8,14-22H2,1-5H3/t24-,28+,29+,30-,31+,32+,34+,35-/m1/s1. The van der Waals surface area contributed by atoms with Crippen LogP contribution in [0.3, 0.4) is 0 Å². The molecule has 1 aromatic carbocycles. The summed E-state index contributed by atoms with van der Waals surface area (Å²) < 4.78 is 6.02. The molecule has 3 heteroatoms. The second-order valence-corrected chi connectivity index (χ2v) is 14.9. The van der Waals surface area contributed by atoms with E-state index in [0.717, 1.165) is 60.3 Å². The van der Waals surface area contributed by atoms with Gasteiger partial charge in [0, 0.05) is 11.4 Å². The average molecular weight is 539 g/mol. The fraction of sp³-hybridized carbons (Fsp3) is 0.743. The number of carbonyl (C=O) groups is 1. The molecule has 0 heterocycles. The fourth-order valence-corrected chi connectivity index (χ4v) is 9.88. The Labute approximate surface area is 237 Å². The SMILES string of the molecule is CC(C)CCC[C@@H](C)[C@H]1CC[C@H]2[C@@H]3CC=C4C[C@@H](OC(=O)Cc5ccc(Cl)cc5)CC[C@]4(C)[C@H]3CC[C@]12C. The maximum Gasteiger partial charge on any atom is 0.310 e. The monoisotopic (exact) mass is 538 g/mol. The van der Waals surface area contributed by atoms with Gasteiger partial charge in [0.2, 0.25) is 0 Å². The van der Waals surface area contributed by atoms with Crippen molar-refractivity contribution in [1.29, 1.82) is 0 Å². The third-order valence-electron chi connectivity index (χ3n) is 11.8. The van der Waals surface area contributed by atoms with E-state index in [9.17, 15) is 4.79 Å². The first-order valence-corrected chi connectivity index (χ1v) is 16.1. The summed E-state index contributed by atoms with van der Waals surface area (Å²) in [5, 5.41) is 0.698. The first kappa shape index (κ1) is 28.3. The van der Waals surface area contributed by atoms with E-state index in [-0.39, 0.29) is 12.1 Å². The van der Waals surface area contributed by atoms with Crippen LogP contribution in [0.5, 0.6) is 0 Å². The van der Waals surface area contributed by atoms with Gasteiger partial charge in [-0.15, -0.1) is 0 Å². The predicted octanol–water partition coefficient (Wildman–Crippen LogP) is 9.84. The fourth-order valence-electron chi connectivity index (χ4n) is 9.75. The molecular formula is C35H51ClO2. The van der Waals surface area contributed by atoms with Crippen molar-refractivity contribution < 1.29 is 9.53 Å². The molecule has 1 aromatic rings. The van der Waals surface area contributed by atoms with Crippen molar-refractivity contribution in [3.63, 3.8) is 0 Å². The zero-order valence-electron chi connectivity index (χ0n) is 24.6. The summed E-state index contributed by atoms with van der Waals surface area (Å²) >= 11 is 5.99. The molecule has 0 amide bonds. The normalized spacial score (nSPS) is 37.1. The summed E-state index contributed by atoms with van der Waals surface area (Å²) in [6, 6.07) is 7.52. The number of esters is 1. The average Bonchev–Trinajstić information content (AvgIpc) is 3.23. The summed E-state index contributed by atoms with van der Waals surface area (Å²) in [6.45, 7) is 12.5. The smallest absolute Gasteiger partial charge is 0.310 e. The van der Waals surface area contributed by atoms with Crippen molar-refractivity contribution in [2.75, 3.05) is 0 Å². The molecule has 3 fully saturated rings. The van der Waals surface area contributed by atoms with Crippen LogP contribution in [0.2, 0.25) is 5.02 Å². The van der Waals surface area contributed by atoms with E-state index in [1.165, 1.54) is 51.4 Å². The number of benzene rings is 1. The topological polar surface area (TPSA) is 26.3 Å². The maximum atomic E-state index is 12.7. The second kappa shape index (κ2) is 11.3. The minimum absolute atomic E-state index is 0.0297. The Morgan fingerprint density at radius 3 is 2.50 bits per heavy atom. The lowest BCUT2D eigenvalue weighted by atomic mass is 9.47. The summed E-state index contributed by atoms with van der Waals surface area (Å²) in [7, 11) is 0. The number of hydrogen-bond donors (Lipinski definition) is 0. The highest BCUT2D eigenvalue weighted by Gasteiger charge is 2.59. The molecule has 4 aliphatic rings. The van der Waals surface area contributed by atoms with Gasteiger partial charge in [-0.05, 0) is 109 Å². The quantitative estimate of drug-likeness (QED) is 0.243. The predicted molar refractivity (Wildman–Crippen MR) is 158 cm³/mol. The van der Waals surface area contributed by atoms with Crippen LogP contribution < -0.4 is 0 Å². The molecule has 0 aliphatic heterocycles. The molecule has 3 saturated carbocycles. The molecule has 38 heavy (non-hydrogen) atoms. The Morgan fingerprint density at radius 2 is 1.76 bits per heavy atom. The third-order valence-corrected chi connectivity index (χ3v) is 12.1. The number of carbonyl (C=O) groups excluding carboxylic acids is 1. The molecule has 0 spiro atoms. The molecule has 8 atom stereocenters. The molecule has 0 unspecified atom stereocenters. The van der Waals surface area contributed by atoms with Gasteiger partial charge in [-0.2, -0.15) is 0 Å². The van der Waals surface area contributed by atoms with Gasteiger partial charge in [0.05, 0.1) is 6.42 Å². The van der Waals surface area contributed by atoms with Gasteiger partial charge in [0.15, 0.2) is 0 Å². The van der Waals surface area contributed by atoms with E-state index in [1.54, 1.807) is 5.57 Å². The van der Waals surface area contributed by atoms with Gasteiger partial charge in [0.1, 0.15) is 6.10 Å². The van der Waals surface area contributed by atoms with Crippen molar-refractivity contribution in [1.82, 2.24) is 0 Å². The van der Waals surface area contributed by atoms with E-state index in [2.05, 4.69) is 40.7 Å². The highest BCUT2D eigenvalue weighted by molar-refractivity contribution is 6.30. The van der Waals surface area contributed by atoms with Crippen LogP contribution in [-0.4, -0.2) is 12.1 Å². The molecule has 0 N–H and O–H groups in total. The number of hydrogen-bond acceptors (Lipinski definition) is 2. The van der Waals surface area contributed by atoms with Crippen LogP contribution in [0.15, 0.2) is 35.9 Å². The maximum absolute atomic E-state index is 12.7. The minimum atomic E-state index is -0.108. The number of fused-ring (bicyclic) bond motifs is 5. The number of allylic oxidation sites excluding steroid dienone is 1. The summed E-state index contributed by atoms with van der Waals surface area (Å²) in [5.41, 5.74) is 3.39. The third kappa shape index (κ3) is 5.50. The van der Waals surface area contributed by atoms with Crippen LogP contribution in [0, 0.1) is 46.3 Å². The van der Waals surface area contributed by atoms with E-state index in [1.807, 2.05) is 24.3 Å². The zero-order chi connectivity index (χ0) is 27.1. The van der Waals surface area contributed by atoms with Crippen molar-refractivity contribution in [3.8, 4) is 0 Å². The van der Waals surface area contributed by atoms with Gasteiger partial charge >= 0.3 is 5.97 Å². The molecule has 0 saturated heterocycles. The van der Waals surface area contributed by atoms with E-state index in [4.69, 9.17) is 16.3 Å². The molecule has 5 rings (SSSR count). The van der Waals surface area contributed by atoms with Crippen molar-refractivity contribution >= 4 is 17.6 Å². The Hall–Kier alpha value is -1.28. The molecule has 0 bridgehead atoms. The summed E-state index contributed by atoms with van der Waals surface area (Å²) in [4.78, 5) is 12.7. The molecule has 0 aromatic heterocycles. The number of ether oxygens (including phenoxy) is 1. The van der Waals surface area contributed by atoms with E-state index in [0.29, 0.717) is 22.3 Å². The number of rotatable bonds is 8. The lowest BCUT2D eigenvalue weighted by Gasteiger charge is -2.58. The number of halogens is 1. The Kier molecular flexibility index (Phi) is 8.41. The van der Waals surface area contributed by atoms with Crippen molar-refractivity contribution in [2.24, 2.45) is 46.3 Å². The lowest BCUT2D eigenvalue weighted by Crippen LogP contribution is -2.51. The van der Waals surface area contributed by atoms with Gasteiger partial charge in [-0.25, -0.2) is 0 Å². The minimum Gasteiger partial charge on any atom is -0.462 e. The Morgan fingerprint density at radius 1 is 1.00 bits per heavy atom. The first-order chi connectivity index (χ1) is 18.1. The van der Waals surface area contributed by atoms with E-state index < -0.39 is 0 Å². The van der Waals surface area contributed by atoms with Crippen LogP contribution in [0.4, 0.5) is 0 Å². The van der Waals surface area contributed by atoms with Gasteiger partial charge in [-0.3, -0.25) is 4.79 Å². The molecular weight excluding hydrogens is 488 g/mol. The summed E-state index contributed by atoms with van der Waals surface area (Å²) in [5.74, 6) is 5.04. The van der Waals surface area contributed by atoms with E-state index >= 15 is 0 Å².